The van der Waals surface area contributed by atoms with Crippen molar-refractivity contribution in [1.82, 2.24) is 4.81 Å². The number of Topliss-reactive ketones (excluding diaryl/α,β-unsaturated/α-hetero) is 1. The summed E-state index contributed by atoms with van der Waals surface area (Å²) >= 11 is 0. The lowest BCUT2D eigenvalue weighted by Gasteiger charge is -2.37. The summed E-state index contributed by atoms with van der Waals surface area (Å²) in [4.78, 5) is 26.7. The first-order valence-electron chi connectivity index (χ1n) is 9.65. The van der Waals surface area contributed by atoms with Crippen molar-refractivity contribution in [2.75, 3.05) is 13.7 Å². The van der Waals surface area contributed by atoms with Crippen LogP contribution >= 0.6 is 0 Å². The zero-order chi connectivity index (χ0) is 20.3. The lowest BCUT2D eigenvalue weighted by molar-refractivity contribution is -0.123. The Morgan fingerprint density at radius 1 is 1.21 bits per heavy atom. The molecule has 1 N–H and O–H groups in total. The van der Waals surface area contributed by atoms with E-state index in [2.05, 4.69) is 6.07 Å². The number of carbonyl (C=O) groups is 2. The normalized spacial score (nSPS) is 17.5. The maximum Gasteiger partial charge on any atom is 0.377 e. The molecule has 1 unspecified atom stereocenters. The molecule has 6 heteroatoms. The molecular formula is C22H26BNO4. The average Bonchev–Trinajstić information content (AvgIpc) is 2.72. The first-order valence-corrected chi connectivity index (χ1v) is 9.65. The summed E-state index contributed by atoms with van der Waals surface area (Å²) in [7, 11) is 0.671. The highest BCUT2D eigenvalue weighted by Crippen LogP contribution is 2.33. The van der Waals surface area contributed by atoms with E-state index in [4.69, 9.17) is 4.74 Å². The number of carbonyl (C=O) groups excluding carboxylic acids is 2. The Morgan fingerprint density at radius 2 is 1.89 bits per heavy atom. The van der Waals surface area contributed by atoms with Gasteiger partial charge in [-0.1, -0.05) is 43.3 Å². The standard InChI is InChI=1S/C22H26BNO4/c1-15(16-8-10-18(11-9-16)22(26)28-3)14-20(25)21-19-7-5-4-6-17(19)12-13-24(21)23(2)27/h4-11,15,21,27H,12-14H2,1-3H3/t15-,21?/m1/s1. The Kier molecular flexibility index (Phi) is 6.32. The van der Waals surface area contributed by atoms with E-state index in [1.165, 1.54) is 12.7 Å². The van der Waals surface area contributed by atoms with Crippen LogP contribution in [-0.2, 0) is 16.0 Å². The van der Waals surface area contributed by atoms with Crippen LogP contribution in [0, 0.1) is 0 Å². The van der Waals surface area contributed by atoms with Gasteiger partial charge < -0.3 is 14.6 Å². The van der Waals surface area contributed by atoms with Gasteiger partial charge in [-0.05, 0) is 54.5 Å². The fourth-order valence-corrected chi connectivity index (χ4v) is 3.94. The molecule has 0 aliphatic carbocycles. The summed E-state index contributed by atoms with van der Waals surface area (Å²) in [6, 6.07) is 14.7. The molecule has 1 aliphatic rings. The van der Waals surface area contributed by atoms with E-state index < -0.39 is 13.1 Å². The lowest BCUT2D eigenvalue weighted by Crippen LogP contribution is -2.47. The van der Waals surface area contributed by atoms with Crippen LogP contribution in [0.15, 0.2) is 48.5 Å². The third-order valence-corrected chi connectivity index (χ3v) is 5.51. The molecule has 0 fully saturated rings. The molecule has 0 radical (unpaired) electrons. The van der Waals surface area contributed by atoms with Crippen LogP contribution in [0.3, 0.4) is 0 Å². The number of rotatable bonds is 6. The van der Waals surface area contributed by atoms with Gasteiger partial charge in [0.25, 0.3) is 0 Å². The Labute approximate surface area is 166 Å². The van der Waals surface area contributed by atoms with Crippen LogP contribution in [-0.4, -0.2) is 42.3 Å². The topological polar surface area (TPSA) is 66.8 Å². The third-order valence-electron chi connectivity index (χ3n) is 5.51. The molecule has 2 aromatic carbocycles. The predicted molar refractivity (Wildman–Crippen MR) is 109 cm³/mol. The molecular weight excluding hydrogens is 353 g/mol. The summed E-state index contributed by atoms with van der Waals surface area (Å²) < 4.78 is 4.73. The van der Waals surface area contributed by atoms with Gasteiger partial charge in [0.1, 0.15) is 0 Å². The van der Waals surface area contributed by atoms with Gasteiger partial charge in [-0.15, -0.1) is 0 Å². The highest BCUT2D eigenvalue weighted by molar-refractivity contribution is 6.45. The van der Waals surface area contributed by atoms with Gasteiger partial charge >= 0.3 is 13.0 Å². The maximum atomic E-state index is 13.3. The molecule has 0 saturated carbocycles. The second-order valence-corrected chi connectivity index (χ2v) is 7.41. The fraction of sp³-hybridized carbons (Fsp3) is 0.364. The zero-order valence-corrected chi connectivity index (χ0v) is 16.6. The molecule has 5 nitrogen and oxygen atoms in total. The monoisotopic (exact) mass is 379 g/mol. The van der Waals surface area contributed by atoms with Crippen molar-refractivity contribution in [3.8, 4) is 0 Å². The van der Waals surface area contributed by atoms with Gasteiger partial charge in [0.2, 0.25) is 0 Å². The smallest absolute Gasteiger partial charge is 0.377 e. The van der Waals surface area contributed by atoms with E-state index in [0.717, 1.165) is 17.5 Å². The van der Waals surface area contributed by atoms with Gasteiger partial charge in [-0.2, -0.15) is 0 Å². The van der Waals surface area contributed by atoms with Crippen LogP contribution in [0.2, 0.25) is 6.82 Å². The van der Waals surface area contributed by atoms with E-state index >= 15 is 0 Å². The molecule has 1 aliphatic heterocycles. The van der Waals surface area contributed by atoms with Crippen molar-refractivity contribution < 1.29 is 19.3 Å². The number of hydrogen-bond donors (Lipinski definition) is 1. The predicted octanol–water partition coefficient (Wildman–Crippen LogP) is 3.25. The third kappa shape index (κ3) is 4.18. The first-order chi connectivity index (χ1) is 13.4. The molecule has 2 atom stereocenters. The van der Waals surface area contributed by atoms with Gasteiger partial charge in [0.05, 0.1) is 18.7 Å². The fourth-order valence-electron chi connectivity index (χ4n) is 3.94. The summed E-state index contributed by atoms with van der Waals surface area (Å²) in [6.07, 6.45) is 1.19. The van der Waals surface area contributed by atoms with Crippen LogP contribution < -0.4 is 0 Å². The van der Waals surface area contributed by atoms with Crippen molar-refractivity contribution in [2.45, 2.75) is 38.5 Å². The average molecular weight is 379 g/mol. The minimum absolute atomic E-state index is 0.00383. The minimum Gasteiger partial charge on any atom is -0.465 e. The van der Waals surface area contributed by atoms with E-state index in [9.17, 15) is 14.6 Å². The van der Waals surface area contributed by atoms with E-state index in [1.54, 1.807) is 19.0 Å². The minimum atomic E-state index is -0.683. The Bertz CT molecular complexity index is 850. The van der Waals surface area contributed by atoms with Crippen molar-refractivity contribution in [3.05, 3.63) is 70.8 Å². The highest BCUT2D eigenvalue weighted by atomic mass is 16.5. The van der Waals surface area contributed by atoms with Crippen molar-refractivity contribution in [2.24, 2.45) is 0 Å². The summed E-state index contributed by atoms with van der Waals surface area (Å²) in [6.45, 7) is 4.38. The number of esters is 1. The number of nitrogens with zero attached hydrogens (tertiary/aromatic N) is 1. The van der Waals surface area contributed by atoms with Gasteiger partial charge in [0, 0.05) is 6.42 Å². The Hall–Kier alpha value is -2.44. The van der Waals surface area contributed by atoms with Crippen LogP contribution in [0.1, 0.15) is 52.4 Å². The molecule has 0 spiro atoms. The second kappa shape index (κ2) is 8.71. The molecule has 3 rings (SSSR count). The van der Waals surface area contributed by atoms with Crippen LogP contribution in [0.4, 0.5) is 0 Å². The van der Waals surface area contributed by atoms with E-state index in [-0.39, 0.29) is 17.7 Å². The molecule has 1 heterocycles. The SMILES string of the molecule is COC(=O)c1ccc([C@H](C)CC(=O)C2c3ccccc3CCN2B(C)O)cc1. The molecule has 0 amide bonds. The second-order valence-electron chi connectivity index (χ2n) is 7.41. The lowest BCUT2D eigenvalue weighted by atomic mass is 9.76. The largest absolute Gasteiger partial charge is 0.465 e. The van der Waals surface area contributed by atoms with Crippen LogP contribution in [0.5, 0.6) is 0 Å². The molecule has 146 valence electrons. The van der Waals surface area contributed by atoms with Gasteiger partial charge in [0.15, 0.2) is 5.78 Å². The van der Waals surface area contributed by atoms with Crippen molar-refractivity contribution >= 4 is 18.8 Å². The van der Waals surface area contributed by atoms with Gasteiger partial charge in [-0.3, -0.25) is 4.79 Å². The number of fused-ring (bicyclic) bond motifs is 1. The van der Waals surface area contributed by atoms with E-state index in [1.807, 2.05) is 42.1 Å². The summed E-state index contributed by atoms with van der Waals surface area (Å²) in [5.74, 6) is -0.275. The molecule has 2 aromatic rings. The zero-order valence-electron chi connectivity index (χ0n) is 16.6. The number of ketones is 1. The van der Waals surface area contributed by atoms with E-state index in [0.29, 0.717) is 18.5 Å². The quantitative estimate of drug-likeness (QED) is 0.617. The van der Waals surface area contributed by atoms with Crippen molar-refractivity contribution in [1.29, 1.82) is 0 Å². The summed E-state index contributed by atoms with van der Waals surface area (Å²) in [5, 5.41) is 10.2. The molecule has 0 saturated heterocycles. The molecule has 0 bridgehead atoms. The number of benzene rings is 2. The number of hydrogen-bond acceptors (Lipinski definition) is 5. The Balaban J connectivity index is 1.79. The number of methoxy groups -OCH3 is 1. The summed E-state index contributed by atoms with van der Waals surface area (Å²) in [5.41, 5.74) is 3.65. The highest BCUT2D eigenvalue weighted by Gasteiger charge is 2.36. The maximum absolute atomic E-state index is 13.3. The van der Waals surface area contributed by atoms with Crippen LogP contribution in [0.25, 0.3) is 0 Å². The first kappa shape index (κ1) is 20.3. The van der Waals surface area contributed by atoms with Crippen molar-refractivity contribution in [3.63, 3.8) is 0 Å². The van der Waals surface area contributed by atoms with Gasteiger partial charge in [-0.25, -0.2) is 4.79 Å². The number of ether oxygens (including phenoxy) is 1. The molecule has 0 aromatic heterocycles. The Morgan fingerprint density at radius 3 is 2.54 bits per heavy atom. The molecule has 28 heavy (non-hydrogen) atoms.